The van der Waals surface area contributed by atoms with Crippen molar-refractivity contribution < 1.29 is 0 Å². The summed E-state index contributed by atoms with van der Waals surface area (Å²) in [5, 5.41) is 4.12. The lowest BCUT2D eigenvalue weighted by molar-refractivity contribution is 0.476. The molecule has 0 amide bonds. The highest BCUT2D eigenvalue weighted by molar-refractivity contribution is 14.1. The number of hydrogen-bond acceptors (Lipinski definition) is 5. The largest absolute Gasteiger partial charge is 0.327 e. The first-order valence-corrected chi connectivity index (χ1v) is 5.70. The van der Waals surface area contributed by atoms with Crippen LogP contribution in [0.25, 0.3) is 0 Å². The van der Waals surface area contributed by atoms with E-state index in [2.05, 4.69) is 38.8 Å². The standard InChI is InChI=1S/C9H18IN5/c1-4-14-15(10)9(5-13-6-11)7(2)8(3)12/h4,7-8H,6,11-12H2,1-3H3/b14-4+. The molecular weight excluding hydrogens is 305 g/mol. The number of halogens is 1. The average Bonchev–Trinajstić information content (AvgIpc) is 2.18. The van der Waals surface area contributed by atoms with Crippen LogP contribution >= 0.6 is 22.9 Å². The molecule has 0 radical (unpaired) electrons. The quantitative estimate of drug-likeness (QED) is 0.344. The molecule has 0 saturated heterocycles. The van der Waals surface area contributed by atoms with Crippen molar-refractivity contribution in [3.05, 3.63) is 5.70 Å². The summed E-state index contributed by atoms with van der Waals surface area (Å²) < 4.78 is 1.69. The molecule has 0 aromatic rings. The summed E-state index contributed by atoms with van der Waals surface area (Å²) in [5.41, 5.74) is 11.9. The number of aliphatic imine (C=N–C) groups is 1. The van der Waals surface area contributed by atoms with E-state index < -0.39 is 0 Å². The molecule has 2 atom stereocenters. The molecule has 2 unspecified atom stereocenters. The van der Waals surface area contributed by atoms with Crippen molar-refractivity contribution in [1.82, 2.24) is 3.22 Å². The van der Waals surface area contributed by atoms with E-state index in [1.54, 1.807) is 9.44 Å². The lowest BCUT2D eigenvalue weighted by Crippen LogP contribution is -2.29. The summed E-state index contributed by atoms with van der Waals surface area (Å²) in [6.07, 6.45) is 1.70. The van der Waals surface area contributed by atoms with E-state index in [0.29, 0.717) is 0 Å². The van der Waals surface area contributed by atoms with E-state index in [1.807, 2.05) is 20.8 Å². The first-order valence-electron chi connectivity index (χ1n) is 4.74. The molecule has 0 aliphatic heterocycles. The summed E-state index contributed by atoms with van der Waals surface area (Å²) in [7, 11) is 0. The van der Waals surface area contributed by atoms with Crippen molar-refractivity contribution >= 4 is 34.9 Å². The number of hydrazone groups is 1. The van der Waals surface area contributed by atoms with E-state index in [-0.39, 0.29) is 18.6 Å². The van der Waals surface area contributed by atoms with Crippen LogP contribution in [0.3, 0.4) is 0 Å². The van der Waals surface area contributed by atoms with Crippen LogP contribution in [0.15, 0.2) is 15.8 Å². The van der Waals surface area contributed by atoms with Crippen LogP contribution in [-0.4, -0.2) is 28.0 Å². The van der Waals surface area contributed by atoms with Gasteiger partial charge >= 0.3 is 0 Å². The zero-order valence-electron chi connectivity index (χ0n) is 9.31. The van der Waals surface area contributed by atoms with Crippen molar-refractivity contribution in [2.24, 2.45) is 27.5 Å². The van der Waals surface area contributed by atoms with Gasteiger partial charge in [-0.25, -0.2) is 4.99 Å². The molecule has 0 spiro atoms. The zero-order valence-corrected chi connectivity index (χ0v) is 11.5. The molecule has 5 nitrogen and oxygen atoms in total. The van der Waals surface area contributed by atoms with Gasteiger partial charge < -0.3 is 11.5 Å². The van der Waals surface area contributed by atoms with Gasteiger partial charge in [0, 0.05) is 24.0 Å². The van der Waals surface area contributed by atoms with Crippen molar-refractivity contribution in [3.63, 3.8) is 0 Å². The number of rotatable bonds is 5. The first kappa shape index (κ1) is 14.6. The Bertz CT molecular complexity index is 268. The lowest BCUT2D eigenvalue weighted by atomic mass is 10.0. The van der Waals surface area contributed by atoms with Gasteiger partial charge in [-0.05, 0) is 13.8 Å². The second-order valence-electron chi connectivity index (χ2n) is 3.12. The maximum Gasteiger partial charge on any atom is 0.113 e. The minimum atomic E-state index is 0.0183. The topological polar surface area (TPSA) is 80.0 Å². The Morgan fingerprint density at radius 3 is 2.60 bits per heavy atom. The van der Waals surface area contributed by atoms with E-state index in [1.165, 1.54) is 0 Å². The molecule has 4 N–H and O–H groups in total. The summed E-state index contributed by atoms with van der Waals surface area (Å²) >= 11 is 2.07. The van der Waals surface area contributed by atoms with Crippen molar-refractivity contribution in [2.45, 2.75) is 26.8 Å². The van der Waals surface area contributed by atoms with Crippen LogP contribution in [0, 0.1) is 5.92 Å². The minimum absolute atomic E-state index is 0.0183. The van der Waals surface area contributed by atoms with Crippen LogP contribution < -0.4 is 11.5 Å². The maximum absolute atomic E-state index is 5.83. The average molecular weight is 323 g/mol. The first-order chi connectivity index (χ1) is 7.04. The Labute approximate surface area is 105 Å². The fourth-order valence-corrected chi connectivity index (χ4v) is 1.65. The van der Waals surface area contributed by atoms with E-state index >= 15 is 0 Å². The van der Waals surface area contributed by atoms with Crippen molar-refractivity contribution in [2.75, 3.05) is 6.67 Å². The highest BCUT2D eigenvalue weighted by atomic mass is 127. The molecule has 15 heavy (non-hydrogen) atoms. The predicted molar refractivity (Wildman–Crippen MR) is 72.8 cm³/mol. The molecule has 0 aliphatic carbocycles. The lowest BCUT2D eigenvalue weighted by Gasteiger charge is -2.21. The highest BCUT2D eigenvalue weighted by Crippen LogP contribution is 2.19. The molecule has 0 saturated carbocycles. The van der Waals surface area contributed by atoms with Crippen LogP contribution in [-0.2, 0) is 0 Å². The van der Waals surface area contributed by atoms with Crippen LogP contribution in [0.4, 0.5) is 0 Å². The van der Waals surface area contributed by atoms with Gasteiger partial charge in [0.05, 0.1) is 29.5 Å². The van der Waals surface area contributed by atoms with Gasteiger partial charge in [-0.2, -0.15) is 8.32 Å². The Kier molecular flexibility index (Phi) is 7.59. The summed E-state index contributed by atoms with van der Waals surface area (Å²) in [6, 6.07) is 0.0183. The smallest absolute Gasteiger partial charge is 0.113 e. The number of hydrogen-bond donors (Lipinski definition) is 2. The molecule has 0 fully saturated rings. The van der Waals surface area contributed by atoms with Gasteiger partial charge in [-0.3, -0.25) is 0 Å². The fraction of sp³-hybridized carbons (Fsp3) is 0.667. The minimum Gasteiger partial charge on any atom is -0.327 e. The Hall–Kier alpha value is -0.430. The Balaban J connectivity index is 4.97. The van der Waals surface area contributed by atoms with Gasteiger partial charge in [-0.1, -0.05) is 6.92 Å². The second kappa shape index (κ2) is 7.81. The molecule has 0 rings (SSSR count). The Morgan fingerprint density at radius 2 is 2.20 bits per heavy atom. The second-order valence-corrected chi connectivity index (χ2v) is 4.03. The van der Waals surface area contributed by atoms with Crippen LogP contribution in [0.5, 0.6) is 0 Å². The summed E-state index contributed by atoms with van der Waals surface area (Å²) in [5.74, 6) is 3.00. The molecule has 86 valence electrons. The third-order valence-corrected chi connectivity index (χ3v) is 2.69. The molecular formula is C9H18IN5. The van der Waals surface area contributed by atoms with E-state index in [9.17, 15) is 0 Å². The third kappa shape index (κ3) is 5.27. The normalized spacial score (nSPS) is 14.5. The van der Waals surface area contributed by atoms with Gasteiger partial charge in [0.2, 0.25) is 0 Å². The predicted octanol–water partition coefficient (Wildman–Crippen LogP) is 1.10. The molecule has 0 aromatic carbocycles. The number of nitrogens with zero attached hydrogens (tertiary/aromatic N) is 3. The van der Waals surface area contributed by atoms with Crippen LogP contribution in [0.1, 0.15) is 20.8 Å². The molecule has 0 heterocycles. The zero-order chi connectivity index (χ0) is 11.8. The van der Waals surface area contributed by atoms with Crippen LogP contribution in [0.2, 0.25) is 0 Å². The van der Waals surface area contributed by atoms with E-state index in [0.717, 1.165) is 5.70 Å². The third-order valence-electron chi connectivity index (χ3n) is 1.92. The molecule has 0 aliphatic rings. The molecule has 0 aromatic heterocycles. The summed E-state index contributed by atoms with van der Waals surface area (Å²) in [4.78, 5) is 3.89. The van der Waals surface area contributed by atoms with Gasteiger partial charge in [0.1, 0.15) is 5.70 Å². The Morgan fingerprint density at radius 1 is 1.60 bits per heavy atom. The fourth-order valence-electron chi connectivity index (χ4n) is 0.850. The van der Waals surface area contributed by atoms with Crippen molar-refractivity contribution in [3.8, 4) is 0 Å². The van der Waals surface area contributed by atoms with Gasteiger partial charge in [0.25, 0.3) is 0 Å². The maximum atomic E-state index is 5.83. The van der Waals surface area contributed by atoms with Gasteiger partial charge in [-0.15, -0.1) is 0 Å². The summed E-state index contributed by atoms with van der Waals surface area (Å²) in [6.45, 7) is 6.01. The van der Waals surface area contributed by atoms with Gasteiger partial charge in [0.15, 0.2) is 0 Å². The van der Waals surface area contributed by atoms with E-state index in [4.69, 9.17) is 11.5 Å². The monoisotopic (exact) mass is 323 g/mol. The van der Waals surface area contributed by atoms with Crippen molar-refractivity contribution in [1.29, 1.82) is 0 Å². The highest BCUT2D eigenvalue weighted by Gasteiger charge is 2.17. The number of nitrogens with two attached hydrogens (primary N) is 2. The molecule has 0 bridgehead atoms. The SMILES string of the molecule is C/C=N/N(I)C(=C=NCN)C(C)C(C)N. The molecule has 6 heteroatoms.